The lowest BCUT2D eigenvalue weighted by atomic mass is 9.72. The molecule has 1 aliphatic carbocycles. The maximum Gasteiger partial charge on any atom is 0.256 e. The third kappa shape index (κ3) is 3.86. The van der Waals surface area contributed by atoms with Crippen LogP contribution in [0, 0.1) is 11.3 Å². The molecule has 0 unspecified atom stereocenters. The van der Waals surface area contributed by atoms with Gasteiger partial charge in [-0.05, 0) is 54.4 Å². The summed E-state index contributed by atoms with van der Waals surface area (Å²) in [5.74, 6) is -0.149. The molecule has 1 aliphatic rings. The number of thiophene rings is 1. The third-order valence-corrected chi connectivity index (χ3v) is 6.71. The van der Waals surface area contributed by atoms with Crippen LogP contribution in [0.15, 0.2) is 28.7 Å². The van der Waals surface area contributed by atoms with E-state index in [-0.39, 0.29) is 11.3 Å². The van der Waals surface area contributed by atoms with Crippen molar-refractivity contribution in [1.82, 2.24) is 0 Å². The van der Waals surface area contributed by atoms with Gasteiger partial charge in [-0.3, -0.25) is 9.59 Å². The van der Waals surface area contributed by atoms with E-state index in [9.17, 15) is 9.59 Å². The molecule has 3 rings (SSSR count). The first-order valence-electron chi connectivity index (χ1n) is 8.68. The van der Waals surface area contributed by atoms with E-state index in [4.69, 9.17) is 5.73 Å². The number of nitrogens with two attached hydrogens (primary N) is 1. The van der Waals surface area contributed by atoms with E-state index in [1.807, 2.05) is 6.07 Å². The van der Waals surface area contributed by atoms with Crippen LogP contribution >= 0.6 is 27.3 Å². The summed E-state index contributed by atoms with van der Waals surface area (Å²) in [6.07, 6.45) is 2.79. The number of fused-ring (bicyclic) bond motifs is 1. The number of primary amides is 1. The van der Waals surface area contributed by atoms with E-state index in [1.165, 1.54) is 16.2 Å². The molecule has 26 heavy (non-hydrogen) atoms. The molecule has 0 aliphatic heterocycles. The van der Waals surface area contributed by atoms with Gasteiger partial charge in [-0.1, -0.05) is 42.8 Å². The highest BCUT2D eigenvalue weighted by Crippen LogP contribution is 2.44. The molecule has 0 bridgehead atoms. The lowest BCUT2D eigenvalue weighted by molar-refractivity contribution is 0.1000. The first-order valence-corrected chi connectivity index (χ1v) is 10.3. The van der Waals surface area contributed by atoms with Crippen LogP contribution in [0.1, 0.15) is 58.3 Å². The molecule has 3 N–H and O–H groups in total. The zero-order valence-corrected chi connectivity index (χ0v) is 17.6. The molecule has 0 fully saturated rings. The first kappa shape index (κ1) is 19.1. The fraction of sp³-hybridized carbons (Fsp3) is 0.400. The Balaban J connectivity index is 1.92. The minimum absolute atomic E-state index is 0.217. The van der Waals surface area contributed by atoms with E-state index in [0.29, 0.717) is 22.0 Å². The van der Waals surface area contributed by atoms with Crippen LogP contribution in [0.25, 0.3) is 0 Å². The van der Waals surface area contributed by atoms with E-state index >= 15 is 0 Å². The average molecular weight is 435 g/mol. The highest BCUT2D eigenvalue weighted by Gasteiger charge is 2.33. The van der Waals surface area contributed by atoms with E-state index in [0.717, 1.165) is 29.3 Å². The smallest absolute Gasteiger partial charge is 0.256 e. The van der Waals surface area contributed by atoms with Gasteiger partial charge in [0.25, 0.3) is 11.8 Å². The largest absolute Gasteiger partial charge is 0.365 e. The molecule has 6 heteroatoms. The number of carbonyl (C=O) groups excluding carboxylic acids is 2. The molecule has 0 saturated carbocycles. The third-order valence-electron chi connectivity index (χ3n) is 5.05. The van der Waals surface area contributed by atoms with Crippen molar-refractivity contribution in [3.05, 3.63) is 50.3 Å². The lowest BCUT2D eigenvalue weighted by Gasteiger charge is -2.33. The Hall–Kier alpha value is -1.66. The van der Waals surface area contributed by atoms with Crippen molar-refractivity contribution in [1.29, 1.82) is 0 Å². The average Bonchev–Trinajstić information content (AvgIpc) is 2.91. The monoisotopic (exact) mass is 434 g/mol. The predicted molar refractivity (Wildman–Crippen MR) is 110 cm³/mol. The summed E-state index contributed by atoms with van der Waals surface area (Å²) in [6.45, 7) is 6.75. The molecular formula is C20H23BrN2O2S. The van der Waals surface area contributed by atoms with Gasteiger partial charge in [0.15, 0.2) is 0 Å². The summed E-state index contributed by atoms with van der Waals surface area (Å²) in [4.78, 5) is 25.9. The molecule has 138 valence electrons. The molecule has 2 aromatic rings. The van der Waals surface area contributed by atoms with Crippen molar-refractivity contribution < 1.29 is 9.59 Å². The first-order chi connectivity index (χ1) is 12.2. The second-order valence-corrected chi connectivity index (χ2v) is 9.86. The van der Waals surface area contributed by atoms with Crippen LogP contribution in [-0.2, 0) is 12.8 Å². The van der Waals surface area contributed by atoms with Crippen LogP contribution in [0.3, 0.4) is 0 Å². The number of halogens is 1. The van der Waals surface area contributed by atoms with Gasteiger partial charge in [-0.25, -0.2) is 0 Å². The summed E-state index contributed by atoms with van der Waals surface area (Å²) in [5.41, 5.74) is 7.91. The number of anilines is 1. The second-order valence-electron chi connectivity index (χ2n) is 7.84. The van der Waals surface area contributed by atoms with Crippen LogP contribution < -0.4 is 11.1 Å². The van der Waals surface area contributed by atoms with Gasteiger partial charge in [0.2, 0.25) is 0 Å². The number of rotatable bonds is 3. The minimum atomic E-state index is -0.471. The van der Waals surface area contributed by atoms with Gasteiger partial charge < -0.3 is 11.1 Å². The number of nitrogens with one attached hydrogen (secondary N) is 1. The quantitative estimate of drug-likeness (QED) is 0.711. The summed E-state index contributed by atoms with van der Waals surface area (Å²) in [6, 6.07) is 7.17. The molecule has 4 nitrogen and oxygen atoms in total. The van der Waals surface area contributed by atoms with Crippen molar-refractivity contribution in [3.63, 3.8) is 0 Å². The van der Waals surface area contributed by atoms with Crippen molar-refractivity contribution in [2.24, 2.45) is 17.1 Å². The Labute approximate surface area is 166 Å². The van der Waals surface area contributed by atoms with Crippen molar-refractivity contribution in [3.8, 4) is 0 Å². The van der Waals surface area contributed by atoms with Gasteiger partial charge in [0.05, 0.1) is 5.56 Å². The second kappa shape index (κ2) is 7.16. The molecule has 2 amide bonds. The molecule has 0 radical (unpaired) electrons. The Kier molecular flexibility index (Phi) is 5.26. The Morgan fingerprint density at radius 3 is 2.65 bits per heavy atom. The zero-order chi connectivity index (χ0) is 19.1. The predicted octanol–water partition coefficient (Wildman–Crippen LogP) is 5.01. The summed E-state index contributed by atoms with van der Waals surface area (Å²) >= 11 is 4.87. The van der Waals surface area contributed by atoms with Gasteiger partial charge >= 0.3 is 0 Å². The van der Waals surface area contributed by atoms with Gasteiger partial charge in [-0.15, -0.1) is 11.3 Å². The minimum Gasteiger partial charge on any atom is -0.365 e. The van der Waals surface area contributed by atoms with Crippen molar-refractivity contribution in [2.45, 2.75) is 40.0 Å². The van der Waals surface area contributed by atoms with Crippen LogP contribution in [0.4, 0.5) is 5.00 Å². The Morgan fingerprint density at radius 2 is 2.04 bits per heavy atom. The summed E-state index contributed by atoms with van der Waals surface area (Å²) < 4.78 is 0.832. The highest BCUT2D eigenvalue weighted by atomic mass is 79.9. The van der Waals surface area contributed by atoms with Gasteiger partial charge in [-0.2, -0.15) is 0 Å². The Morgan fingerprint density at radius 1 is 1.31 bits per heavy atom. The molecular weight excluding hydrogens is 412 g/mol. The molecule has 1 heterocycles. The van der Waals surface area contributed by atoms with Crippen LogP contribution in [0.2, 0.25) is 0 Å². The maximum atomic E-state index is 12.6. The SMILES string of the molecule is CC(C)(C)[C@@H]1CCc2c(sc(NC(=O)c3cccc(Br)c3)c2C(N)=O)C1. The molecule has 1 atom stereocenters. The molecule has 0 saturated heterocycles. The van der Waals surface area contributed by atoms with Crippen molar-refractivity contribution >= 4 is 44.1 Å². The fourth-order valence-corrected chi connectivity index (χ4v) is 5.21. The zero-order valence-electron chi connectivity index (χ0n) is 15.2. The van der Waals surface area contributed by atoms with Crippen LogP contribution in [-0.4, -0.2) is 11.8 Å². The molecule has 0 spiro atoms. The van der Waals surface area contributed by atoms with Crippen LogP contribution in [0.5, 0.6) is 0 Å². The summed E-state index contributed by atoms with van der Waals surface area (Å²) in [7, 11) is 0. The molecule has 1 aromatic carbocycles. The van der Waals surface area contributed by atoms with Crippen molar-refractivity contribution in [2.75, 3.05) is 5.32 Å². The fourth-order valence-electron chi connectivity index (χ4n) is 3.48. The maximum absolute atomic E-state index is 12.6. The topological polar surface area (TPSA) is 72.2 Å². The van der Waals surface area contributed by atoms with Gasteiger partial charge in [0.1, 0.15) is 5.00 Å². The van der Waals surface area contributed by atoms with E-state index < -0.39 is 5.91 Å². The van der Waals surface area contributed by atoms with E-state index in [1.54, 1.807) is 18.2 Å². The standard InChI is InChI=1S/C20H23BrN2O2S/c1-20(2,3)12-7-8-14-15(10-12)26-19(16(14)17(22)24)23-18(25)11-5-4-6-13(21)9-11/h4-6,9,12H,7-8,10H2,1-3H3,(H2,22,24)(H,23,25)/t12-/m1/s1. The molecule has 1 aromatic heterocycles. The van der Waals surface area contributed by atoms with E-state index in [2.05, 4.69) is 42.0 Å². The Bertz CT molecular complexity index is 867. The van der Waals surface area contributed by atoms with Gasteiger partial charge in [0, 0.05) is 14.9 Å². The number of carbonyl (C=O) groups is 2. The number of benzene rings is 1. The highest BCUT2D eigenvalue weighted by molar-refractivity contribution is 9.10. The number of hydrogen-bond donors (Lipinski definition) is 2. The number of amides is 2. The lowest BCUT2D eigenvalue weighted by Crippen LogP contribution is -2.27. The number of hydrogen-bond acceptors (Lipinski definition) is 3. The summed E-state index contributed by atoms with van der Waals surface area (Å²) in [5, 5.41) is 3.48. The normalized spacial score (nSPS) is 16.8.